The van der Waals surface area contributed by atoms with Gasteiger partial charge in [-0.3, -0.25) is 0 Å². The fourth-order valence-corrected chi connectivity index (χ4v) is 1.93. The maximum atomic E-state index is 13.0. The number of hydrogen-bond acceptors (Lipinski definition) is 1. The maximum absolute atomic E-state index is 13.0. The van der Waals surface area contributed by atoms with Gasteiger partial charge in [0, 0.05) is 6.42 Å². The Morgan fingerprint density at radius 3 is 2.35 bits per heavy atom. The number of aliphatic hydroxyl groups excluding tert-OH is 1. The molecule has 0 amide bonds. The summed E-state index contributed by atoms with van der Waals surface area (Å²) in [5.41, 5.74) is -0.0829. The minimum absolute atomic E-state index is 0.00657. The van der Waals surface area contributed by atoms with Crippen LogP contribution in [0.15, 0.2) is 48.5 Å². The van der Waals surface area contributed by atoms with Crippen LogP contribution in [-0.2, 0) is 12.6 Å². The van der Waals surface area contributed by atoms with E-state index in [0.29, 0.717) is 11.1 Å². The second-order valence-corrected chi connectivity index (χ2v) is 4.47. The van der Waals surface area contributed by atoms with E-state index in [1.165, 1.54) is 30.3 Å². The molecule has 0 bridgehead atoms. The fourth-order valence-electron chi connectivity index (χ4n) is 1.93. The fraction of sp³-hybridized carbons (Fsp3) is 0.200. The van der Waals surface area contributed by atoms with E-state index in [9.17, 15) is 22.7 Å². The van der Waals surface area contributed by atoms with Crippen molar-refractivity contribution in [1.82, 2.24) is 0 Å². The summed E-state index contributed by atoms with van der Waals surface area (Å²) in [6, 6.07) is 10.1. The minimum atomic E-state index is -4.42. The van der Waals surface area contributed by atoms with Gasteiger partial charge in [0.2, 0.25) is 0 Å². The van der Waals surface area contributed by atoms with E-state index in [-0.39, 0.29) is 6.42 Å². The Kier molecular flexibility index (Phi) is 4.09. The van der Waals surface area contributed by atoms with Crippen LogP contribution in [0.2, 0.25) is 0 Å². The van der Waals surface area contributed by atoms with Crippen LogP contribution in [0, 0.1) is 5.82 Å². The molecule has 5 heteroatoms. The molecule has 2 rings (SSSR count). The summed E-state index contributed by atoms with van der Waals surface area (Å²) in [6.07, 6.45) is -5.47. The van der Waals surface area contributed by atoms with Gasteiger partial charge in [-0.1, -0.05) is 30.3 Å². The molecule has 0 spiro atoms. The molecule has 2 aromatic rings. The molecule has 2 aromatic carbocycles. The molecule has 0 fully saturated rings. The normalized spacial score (nSPS) is 13.2. The molecule has 1 nitrogen and oxygen atoms in total. The first-order chi connectivity index (χ1) is 9.36. The third kappa shape index (κ3) is 3.57. The molecule has 0 saturated heterocycles. The van der Waals surface area contributed by atoms with Crippen LogP contribution in [0.1, 0.15) is 22.8 Å². The van der Waals surface area contributed by atoms with Gasteiger partial charge in [0.1, 0.15) is 5.82 Å². The summed E-state index contributed by atoms with van der Waals surface area (Å²) in [5.74, 6) is -0.495. The van der Waals surface area contributed by atoms with E-state index in [0.717, 1.165) is 18.2 Å². The van der Waals surface area contributed by atoms with E-state index in [1.54, 1.807) is 0 Å². The van der Waals surface area contributed by atoms with Crippen molar-refractivity contribution in [2.45, 2.75) is 18.7 Å². The summed E-state index contributed by atoms with van der Waals surface area (Å²) in [4.78, 5) is 0. The lowest BCUT2D eigenvalue weighted by Gasteiger charge is -2.13. The Labute approximate surface area is 113 Å². The SMILES string of the molecule is O[C@H](Cc1cccc(C(F)(F)F)c1)c1cccc(F)c1. The van der Waals surface area contributed by atoms with Gasteiger partial charge in [-0.2, -0.15) is 13.2 Å². The van der Waals surface area contributed by atoms with Gasteiger partial charge < -0.3 is 5.11 Å². The van der Waals surface area contributed by atoms with Gasteiger partial charge in [0.25, 0.3) is 0 Å². The quantitative estimate of drug-likeness (QED) is 0.841. The lowest BCUT2D eigenvalue weighted by Crippen LogP contribution is -2.07. The van der Waals surface area contributed by atoms with Gasteiger partial charge in [0.05, 0.1) is 11.7 Å². The average Bonchev–Trinajstić information content (AvgIpc) is 2.38. The van der Waals surface area contributed by atoms with Gasteiger partial charge in [-0.15, -0.1) is 0 Å². The van der Waals surface area contributed by atoms with E-state index < -0.39 is 23.7 Å². The van der Waals surface area contributed by atoms with Crippen molar-refractivity contribution in [2.75, 3.05) is 0 Å². The highest BCUT2D eigenvalue weighted by Crippen LogP contribution is 2.30. The number of aliphatic hydroxyl groups is 1. The molecule has 0 aliphatic carbocycles. The molecule has 1 atom stereocenters. The summed E-state index contributed by atoms with van der Waals surface area (Å²) in [6.45, 7) is 0. The third-order valence-electron chi connectivity index (χ3n) is 2.92. The standard InChI is InChI=1S/C15H12F4O/c16-13-6-2-4-11(9-13)14(20)8-10-3-1-5-12(7-10)15(17,18)19/h1-7,9,14,20H,8H2/t14-/m1/s1. The minimum Gasteiger partial charge on any atom is -0.388 e. The highest BCUT2D eigenvalue weighted by atomic mass is 19.4. The predicted octanol–water partition coefficient (Wildman–Crippen LogP) is 4.12. The molecule has 0 radical (unpaired) electrons. The number of rotatable bonds is 3. The van der Waals surface area contributed by atoms with Crippen molar-refractivity contribution in [3.8, 4) is 0 Å². The highest BCUT2D eigenvalue weighted by molar-refractivity contribution is 5.28. The molecule has 20 heavy (non-hydrogen) atoms. The second-order valence-electron chi connectivity index (χ2n) is 4.47. The van der Waals surface area contributed by atoms with Gasteiger partial charge in [-0.05, 0) is 29.3 Å². The summed E-state index contributed by atoms with van der Waals surface area (Å²) >= 11 is 0. The third-order valence-corrected chi connectivity index (χ3v) is 2.92. The number of benzene rings is 2. The first-order valence-corrected chi connectivity index (χ1v) is 5.96. The lowest BCUT2D eigenvalue weighted by molar-refractivity contribution is -0.137. The van der Waals surface area contributed by atoms with Crippen LogP contribution < -0.4 is 0 Å². The average molecular weight is 284 g/mol. The first-order valence-electron chi connectivity index (χ1n) is 5.96. The Bertz CT molecular complexity index is 592. The topological polar surface area (TPSA) is 20.2 Å². The molecular formula is C15H12F4O. The van der Waals surface area contributed by atoms with Crippen LogP contribution in [0.25, 0.3) is 0 Å². The van der Waals surface area contributed by atoms with Gasteiger partial charge >= 0.3 is 6.18 Å². The Hall–Kier alpha value is -1.88. The van der Waals surface area contributed by atoms with Gasteiger partial charge in [0.15, 0.2) is 0 Å². The molecular weight excluding hydrogens is 272 g/mol. The maximum Gasteiger partial charge on any atom is 0.416 e. The largest absolute Gasteiger partial charge is 0.416 e. The van der Waals surface area contributed by atoms with Crippen LogP contribution in [-0.4, -0.2) is 5.11 Å². The number of halogens is 4. The highest BCUT2D eigenvalue weighted by Gasteiger charge is 2.30. The van der Waals surface area contributed by atoms with Crippen LogP contribution in [0.5, 0.6) is 0 Å². The van der Waals surface area contributed by atoms with Crippen molar-refractivity contribution in [2.24, 2.45) is 0 Å². The number of alkyl halides is 3. The van der Waals surface area contributed by atoms with Crippen LogP contribution in [0.4, 0.5) is 17.6 Å². The predicted molar refractivity (Wildman–Crippen MR) is 66.5 cm³/mol. The van der Waals surface area contributed by atoms with E-state index in [2.05, 4.69) is 0 Å². The van der Waals surface area contributed by atoms with Crippen molar-refractivity contribution in [3.05, 3.63) is 71.0 Å². The molecule has 0 heterocycles. The number of hydrogen-bond donors (Lipinski definition) is 1. The molecule has 0 aliphatic heterocycles. The lowest BCUT2D eigenvalue weighted by atomic mass is 10.00. The van der Waals surface area contributed by atoms with Crippen LogP contribution >= 0.6 is 0 Å². The summed E-state index contributed by atoms with van der Waals surface area (Å²) < 4.78 is 50.7. The molecule has 1 N–H and O–H groups in total. The van der Waals surface area contributed by atoms with E-state index in [4.69, 9.17) is 0 Å². The Morgan fingerprint density at radius 2 is 1.70 bits per heavy atom. The molecule has 0 unspecified atom stereocenters. The molecule has 0 aliphatic rings. The monoisotopic (exact) mass is 284 g/mol. The zero-order chi connectivity index (χ0) is 14.8. The zero-order valence-corrected chi connectivity index (χ0v) is 10.4. The van der Waals surface area contributed by atoms with Crippen molar-refractivity contribution in [1.29, 1.82) is 0 Å². The second kappa shape index (κ2) is 5.63. The van der Waals surface area contributed by atoms with E-state index in [1.807, 2.05) is 0 Å². The summed E-state index contributed by atoms with van der Waals surface area (Å²) in [7, 11) is 0. The molecule has 0 aromatic heterocycles. The zero-order valence-electron chi connectivity index (χ0n) is 10.4. The van der Waals surface area contributed by atoms with E-state index >= 15 is 0 Å². The molecule has 106 valence electrons. The van der Waals surface area contributed by atoms with Crippen molar-refractivity contribution in [3.63, 3.8) is 0 Å². The van der Waals surface area contributed by atoms with Gasteiger partial charge in [-0.25, -0.2) is 4.39 Å². The first kappa shape index (κ1) is 14.5. The van der Waals surface area contributed by atoms with Crippen molar-refractivity contribution < 1.29 is 22.7 Å². The molecule has 0 saturated carbocycles. The Balaban J connectivity index is 2.18. The van der Waals surface area contributed by atoms with Crippen molar-refractivity contribution >= 4 is 0 Å². The summed E-state index contributed by atoms with van der Waals surface area (Å²) in [5, 5.41) is 9.94. The van der Waals surface area contributed by atoms with Crippen LogP contribution in [0.3, 0.4) is 0 Å². The Morgan fingerprint density at radius 1 is 1.00 bits per heavy atom. The smallest absolute Gasteiger partial charge is 0.388 e.